The first-order valence-corrected chi connectivity index (χ1v) is 10.2. The van der Waals surface area contributed by atoms with E-state index in [0.717, 1.165) is 28.3 Å². The fraction of sp³-hybridized carbons (Fsp3) is 0.300. The smallest absolute Gasteiger partial charge is 0.244 e. The monoisotopic (exact) mass is 417 g/mol. The molecular weight excluding hydrogens is 398 g/mol. The van der Waals surface area contributed by atoms with Crippen molar-refractivity contribution < 1.29 is 14.3 Å². The van der Waals surface area contributed by atoms with Crippen LogP contribution in [0.25, 0.3) is 11.0 Å². The molecule has 3 heterocycles. The summed E-state index contributed by atoms with van der Waals surface area (Å²) in [6, 6.07) is 3.65. The van der Waals surface area contributed by atoms with Crippen molar-refractivity contribution in [2.45, 2.75) is 26.8 Å². The molecular formula is C20H20ClN3O3S. The van der Waals surface area contributed by atoms with Gasteiger partial charge in [0.25, 0.3) is 0 Å². The minimum atomic E-state index is -0.190. The van der Waals surface area contributed by atoms with Gasteiger partial charge >= 0.3 is 0 Å². The summed E-state index contributed by atoms with van der Waals surface area (Å²) in [7, 11) is 0. The lowest BCUT2D eigenvalue weighted by Crippen LogP contribution is -2.20. The minimum Gasteiger partial charge on any atom is -0.489 e. The second-order valence-electron chi connectivity index (χ2n) is 6.58. The largest absolute Gasteiger partial charge is 0.489 e. The van der Waals surface area contributed by atoms with E-state index in [1.807, 2.05) is 30.5 Å². The molecule has 28 heavy (non-hydrogen) atoms. The van der Waals surface area contributed by atoms with Crippen LogP contribution in [0.1, 0.15) is 28.2 Å². The molecule has 1 aromatic carbocycles. The highest BCUT2D eigenvalue weighted by Crippen LogP contribution is 2.37. The van der Waals surface area contributed by atoms with Crippen LogP contribution in [0.5, 0.6) is 11.5 Å². The predicted molar refractivity (Wildman–Crippen MR) is 110 cm³/mol. The number of aryl methyl sites for hydroxylation is 2. The van der Waals surface area contributed by atoms with E-state index in [4.69, 9.17) is 21.1 Å². The van der Waals surface area contributed by atoms with E-state index in [1.54, 1.807) is 23.5 Å². The van der Waals surface area contributed by atoms with Crippen LogP contribution >= 0.6 is 22.9 Å². The van der Waals surface area contributed by atoms with Crippen LogP contribution < -0.4 is 14.8 Å². The average molecular weight is 418 g/mol. The topological polar surface area (TPSA) is 64.9 Å². The van der Waals surface area contributed by atoms with E-state index in [0.29, 0.717) is 36.3 Å². The van der Waals surface area contributed by atoms with Gasteiger partial charge in [-0.3, -0.25) is 9.20 Å². The molecule has 0 saturated heterocycles. The summed E-state index contributed by atoms with van der Waals surface area (Å²) in [6.07, 6.45) is 6.15. The molecule has 0 unspecified atom stereocenters. The summed E-state index contributed by atoms with van der Waals surface area (Å²) in [5.74, 6) is 1.000. The normalized spacial score (nSPS) is 13.8. The Hall–Kier alpha value is -2.51. The van der Waals surface area contributed by atoms with Crippen molar-refractivity contribution in [3.05, 3.63) is 51.3 Å². The number of fused-ring (bicyclic) bond motifs is 2. The fourth-order valence-corrected chi connectivity index (χ4v) is 4.24. The Morgan fingerprint density at radius 3 is 3.04 bits per heavy atom. The van der Waals surface area contributed by atoms with E-state index in [-0.39, 0.29) is 5.91 Å². The molecule has 8 heteroatoms. The summed E-state index contributed by atoms with van der Waals surface area (Å²) in [5.41, 5.74) is 2.66. The zero-order valence-electron chi connectivity index (χ0n) is 15.6. The molecule has 2 aromatic heterocycles. The lowest BCUT2D eigenvalue weighted by atomic mass is 10.2. The zero-order valence-corrected chi connectivity index (χ0v) is 17.2. The number of hydrogen-bond acceptors (Lipinski definition) is 5. The Balaban J connectivity index is 1.44. The van der Waals surface area contributed by atoms with Gasteiger partial charge in [0.15, 0.2) is 16.5 Å². The number of amides is 1. The molecule has 0 saturated carbocycles. The molecule has 4 rings (SSSR count). The number of nitrogens with zero attached hydrogens (tertiary/aromatic N) is 2. The van der Waals surface area contributed by atoms with Crippen molar-refractivity contribution in [2.24, 2.45) is 0 Å². The molecule has 3 aromatic rings. The number of ether oxygens (including phenoxy) is 2. The van der Waals surface area contributed by atoms with Gasteiger partial charge in [-0.05, 0) is 37.6 Å². The number of benzene rings is 1. The van der Waals surface area contributed by atoms with Crippen molar-refractivity contribution in [2.75, 3.05) is 13.2 Å². The van der Waals surface area contributed by atoms with Crippen LogP contribution in [0.2, 0.25) is 5.02 Å². The SMILES string of the molecule is Cc1cn2c(/C=C/C(=O)NCc3cc(Cl)c4c(c3)OCCCO4)c(C)nc2s1. The number of halogens is 1. The van der Waals surface area contributed by atoms with Crippen molar-refractivity contribution in [3.8, 4) is 11.5 Å². The maximum Gasteiger partial charge on any atom is 0.244 e. The third-order valence-electron chi connectivity index (χ3n) is 4.38. The van der Waals surface area contributed by atoms with Crippen LogP contribution in [0.3, 0.4) is 0 Å². The lowest BCUT2D eigenvalue weighted by Gasteiger charge is -2.11. The molecule has 0 aliphatic carbocycles. The second-order valence-corrected chi connectivity index (χ2v) is 8.20. The molecule has 0 fully saturated rings. The van der Waals surface area contributed by atoms with Crippen molar-refractivity contribution in [3.63, 3.8) is 0 Å². The van der Waals surface area contributed by atoms with Crippen molar-refractivity contribution >= 4 is 39.9 Å². The van der Waals surface area contributed by atoms with E-state index in [2.05, 4.69) is 10.3 Å². The summed E-state index contributed by atoms with van der Waals surface area (Å²) in [6.45, 7) is 5.49. The molecule has 6 nitrogen and oxygen atoms in total. The third-order valence-corrected chi connectivity index (χ3v) is 5.56. The van der Waals surface area contributed by atoms with Gasteiger partial charge in [0, 0.05) is 30.1 Å². The Morgan fingerprint density at radius 2 is 2.18 bits per heavy atom. The zero-order chi connectivity index (χ0) is 19.7. The Morgan fingerprint density at radius 1 is 1.36 bits per heavy atom. The number of rotatable bonds is 4. The van der Waals surface area contributed by atoms with Gasteiger partial charge in [-0.2, -0.15) is 0 Å². The number of thiazole rings is 1. The van der Waals surface area contributed by atoms with Gasteiger partial charge < -0.3 is 14.8 Å². The van der Waals surface area contributed by atoms with E-state index in [9.17, 15) is 4.79 Å². The van der Waals surface area contributed by atoms with Gasteiger partial charge in [-0.15, -0.1) is 11.3 Å². The molecule has 1 aliphatic heterocycles. The fourth-order valence-electron chi connectivity index (χ4n) is 3.07. The second kappa shape index (κ2) is 7.85. The number of imidazole rings is 1. The summed E-state index contributed by atoms with van der Waals surface area (Å²) in [4.78, 5) is 18.9. The highest BCUT2D eigenvalue weighted by atomic mass is 35.5. The van der Waals surface area contributed by atoms with E-state index < -0.39 is 0 Å². The predicted octanol–water partition coefficient (Wildman–Crippen LogP) is 4.16. The third kappa shape index (κ3) is 3.86. The maximum atomic E-state index is 12.3. The van der Waals surface area contributed by atoms with E-state index >= 15 is 0 Å². The molecule has 1 amide bonds. The average Bonchev–Trinajstić information content (AvgIpc) is 3.02. The molecule has 0 atom stereocenters. The Labute approximate surface area is 171 Å². The minimum absolute atomic E-state index is 0.190. The van der Waals surface area contributed by atoms with Crippen LogP contribution in [0.15, 0.2) is 24.4 Å². The molecule has 0 spiro atoms. The summed E-state index contributed by atoms with van der Waals surface area (Å²) < 4.78 is 13.3. The number of carbonyl (C=O) groups is 1. The summed E-state index contributed by atoms with van der Waals surface area (Å²) >= 11 is 7.92. The molecule has 1 N–H and O–H groups in total. The van der Waals surface area contributed by atoms with Crippen LogP contribution in [0, 0.1) is 13.8 Å². The lowest BCUT2D eigenvalue weighted by molar-refractivity contribution is -0.116. The highest BCUT2D eigenvalue weighted by molar-refractivity contribution is 7.17. The van der Waals surface area contributed by atoms with Crippen LogP contribution in [-0.2, 0) is 11.3 Å². The molecule has 146 valence electrons. The molecule has 0 bridgehead atoms. The van der Waals surface area contributed by atoms with Gasteiger partial charge in [0.2, 0.25) is 5.91 Å². The standard InChI is InChI=1S/C20H20ClN3O3S/c1-12-11-24-16(13(2)23-20(24)28-12)4-5-18(25)22-10-14-8-15(21)19-17(9-14)26-6-3-7-27-19/h4-5,8-9,11H,3,6-7,10H2,1-2H3,(H,22,25)/b5-4+. The quantitative estimate of drug-likeness (QED) is 0.647. The van der Waals surface area contributed by atoms with E-state index in [1.165, 1.54) is 11.0 Å². The maximum absolute atomic E-state index is 12.3. The molecule has 0 radical (unpaired) electrons. The molecule has 1 aliphatic rings. The number of carbonyl (C=O) groups excluding carboxylic acids is 1. The first kappa shape index (κ1) is 18.8. The van der Waals surface area contributed by atoms with Gasteiger partial charge in [-0.1, -0.05) is 11.6 Å². The first-order valence-electron chi connectivity index (χ1n) is 9.00. The summed E-state index contributed by atoms with van der Waals surface area (Å²) in [5, 5.41) is 3.37. The van der Waals surface area contributed by atoms with Crippen molar-refractivity contribution in [1.29, 1.82) is 0 Å². The van der Waals surface area contributed by atoms with Crippen LogP contribution in [0.4, 0.5) is 0 Å². The first-order chi connectivity index (χ1) is 13.5. The number of hydrogen-bond donors (Lipinski definition) is 1. The highest BCUT2D eigenvalue weighted by Gasteiger charge is 2.16. The van der Waals surface area contributed by atoms with Crippen molar-refractivity contribution in [1.82, 2.24) is 14.7 Å². The number of aromatic nitrogens is 2. The number of nitrogens with one attached hydrogen (secondary N) is 1. The van der Waals surface area contributed by atoms with Gasteiger partial charge in [0.05, 0.1) is 29.6 Å². The van der Waals surface area contributed by atoms with Gasteiger partial charge in [-0.25, -0.2) is 4.98 Å². The van der Waals surface area contributed by atoms with Crippen LogP contribution in [-0.4, -0.2) is 28.5 Å². The van der Waals surface area contributed by atoms with Gasteiger partial charge in [0.1, 0.15) is 0 Å². The Kier molecular flexibility index (Phi) is 5.28. The Bertz CT molecular complexity index is 1070.